The molecular formula is C17H21NO3. The van der Waals surface area contributed by atoms with Gasteiger partial charge in [-0.3, -0.25) is 4.90 Å². The van der Waals surface area contributed by atoms with Gasteiger partial charge in [0.25, 0.3) is 0 Å². The largest absolute Gasteiger partial charge is 0.508 e. The van der Waals surface area contributed by atoms with E-state index in [9.17, 15) is 10.2 Å². The van der Waals surface area contributed by atoms with Crippen molar-refractivity contribution < 1.29 is 14.9 Å². The van der Waals surface area contributed by atoms with E-state index in [0.29, 0.717) is 18.8 Å². The summed E-state index contributed by atoms with van der Waals surface area (Å²) < 4.78 is 5.19. The van der Waals surface area contributed by atoms with Crippen molar-refractivity contribution in [2.45, 2.75) is 13.1 Å². The molecule has 2 aromatic carbocycles. The van der Waals surface area contributed by atoms with Crippen LogP contribution in [0, 0.1) is 0 Å². The van der Waals surface area contributed by atoms with Crippen LogP contribution in [-0.4, -0.2) is 35.4 Å². The summed E-state index contributed by atoms with van der Waals surface area (Å²) in [4.78, 5) is 2.09. The molecule has 2 rings (SSSR count). The summed E-state index contributed by atoms with van der Waals surface area (Å²) in [5, 5.41) is 19.2. The van der Waals surface area contributed by atoms with E-state index in [4.69, 9.17) is 4.74 Å². The van der Waals surface area contributed by atoms with Gasteiger partial charge in [0.2, 0.25) is 0 Å². The van der Waals surface area contributed by atoms with Crippen molar-refractivity contribution in [1.82, 2.24) is 4.90 Å². The van der Waals surface area contributed by atoms with Crippen molar-refractivity contribution in [3.05, 3.63) is 59.7 Å². The molecule has 0 aliphatic rings. The first kappa shape index (κ1) is 15.4. The van der Waals surface area contributed by atoms with Gasteiger partial charge < -0.3 is 14.9 Å². The van der Waals surface area contributed by atoms with Crippen LogP contribution in [0.25, 0.3) is 0 Å². The predicted octanol–water partition coefficient (Wildman–Crippen LogP) is 2.40. The molecule has 0 saturated carbocycles. The Morgan fingerprint density at radius 3 is 2.48 bits per heavy atom. The van der Waals surface area contributed by atoms with Crippen molar-refractivity contribution >= 4 is 0 Å². The van der Waals surface area contributed by atoms with Gasteiger partial charge in [-0.05, 0) is 23.8 Å². The number of ether oxygens (including phenoxy) is 1. The lowest BCUT2D eigenvalue weighted by atomic mass is 10.1. The van der Waals surface area contributed by atoms with Gasteiger partial charge in [-0.2, -0.15) is 0 Å². The average molecular weight is 287 g/mol. The standard InChI is InChI=1S/C17H21NO3/c1-21-16-7-8-17(20)15(11-16)13-18(9-10-19)12-14-5-3-2-4-6-14/h2-8,11,19-20H,9-10,12-13H2,1H3. The molecule has 0 heterocycles. The second kappa shape index (κ2) is 7.67. The van der Waals surface area contributed by atoms with Gasteiger partial charge in [-0.25, -0.2) is 0 Å². The Hall–Kier alpha value is -2.04. The number of phenolic OH excluding ortho intramolecular Hbond substituents is 1. The maximum atomic E-state index is 9.97. The van der Waals surface area contributed by atoms with E-state index in [1.54, 1.807) is 19.2 Å². The zero-order valence-corrected chi connectivity index (χ0v) is 12.2. The van der Waals surface area contributed by atoms with Crippen molar-refractivity contribution in [2.24, 2.45) is 0 Å². The number of aromatic hydroxyl groups is 1. The molecule has 0 aliphatic carbocycles. The first-order valence-electron chi connectivity index (χ1n) is 6.96. The minimum absolute atomic E-state index is 0.0809. The van der Waals surface area contributed by atoms with Crippen molar-refractivity contribution in [1.29, 1.82) is 0 Å². The zero-order valence-electron chi connectivity index (χ0n) is 12.2. The van der Waals surface area contributed by atoms with Gasteiger partial charge in [-0.15, -0.1) is 0 Å². The van der Waals surface area contributed by atoms with Gasteiger partial charge in [0.1, 0.15) is 11.5 Å². The maximum absolute atomic E-state index is 9.97. The molecule has 0 saturated heterocycles. The fraction of sp³-hybridized carbons (Fsp3) is 0.294. The lowest BCUT2D eigenvalue weighted by Gasteiger charge is -2.22. The minimum Gasteiger partial charge on any atom is -0.508 e. The van der Waals surface area contributed by atoms with Crippen LogP contribution >= 0.6 is 0 Å². The third-order valence-corrected chi connectivity index (χ3v) is 3.35. The van der Waals surface area contributed by atoms with Crippen LogP contribution in [0.4, 0.5) is 0 Å². The maximum Gasteiger partial charge on any atom is 0.120 e. The van der Waals surface area contributed by atoms with E-state index in [1.807, 2.05) is 24.3 Å². The molecule has 21 heavy (non-hydrogen) atoms. The summed E-state index contributed by atoms with van der Waals surface area (Å²) in [5.41, 5.74) is 1.96. The minimum atomic E-state index is 0.0809. The quantitative estimate of drug-likeness (QED) is 0.821. The third-order valence-electron chi connectivity index (χ3n) is 3.35. The molecule has 2 aromatic rings. The van der Waals surface area contributed by atoms with E-state index in [2.05, 4.69) is 17.0 Å². The molecule has 4 heteroatoms. The van der Waals surface area contributed by atoms with E-state index in [-0.39, 0.29) is 12.4 Å². The summed E-state index contributed by atoms with van der Waals surface area (Å²) in [6.45, 7) is 1.90. The smallest absolute Gasteiger partial charge is 0.120 e. The van der Waals surface area contributed by atoms with E-state index in [0.717, 1.165) is 12.1 Å². The Balaban J connectivity index is 2.12. The molecule has 0 amide bonds. The Kier molecular flexibility index (Phi) is 5.60. The third kappa shape index (κ3) is 4.48. The number of hydrogen-bond acceptors (Lipinski definition) is 4. The van der Waals surface area contributed by atoms with Crippen LogP contribution in [0.1, 0.15) is 11.1 Å². The number of phenols is 1. The van der Waals surface area contributed by atoms with E-state index in [1.165, 1.54) is 5.56 Å². The molecule has 0 atom stereocenters. The second-order valence-electron chi connectivity index (χ2n) is 4.91. The van der Waals surface area contributed by atoms with Crippen LogP contribution < -0.4 is 4.74 Å². The molecule has 2 N–H and O–H groups in total. The normalized spacial score (nSPS) is 10.8. The number of aliphatic hydroxyl groups excluding tert-OH is 1. The summed E-state index contributed by atoms with van der Waals surface area (Å²) >= 11 is 0. The SMILES string of the molecule is COc1ccc(O)c(CN(CCO)Cc2ccccc2)c1. The first-order chi connectivity index (χ1) is 10.2. The monoisotopic (exact) mass is 287 g/mol. The van der Waals surface area contributed by atoms with Crippen LogP contribution in [0.15, 0.2) is 48.5 Å². The average Bonchev–Trinajstić information content (AvgIpc) is 2.51. The Morgan fingerprint density at radius 1 is 1.05 bits per heavy atom. The van der Waals surface area contributed by atoms with Gasteiger partial charge in [0, 0.05) is 25.2 Å². The summed E-state index contributed by atoms with van der Waals surface area (Å²) in [6, 6.07) is 15.3. The highest BCUT2D eigenvalue weighted by Crippen LogP contribution is 2.24. The molecular weight excluding hydrogens is 266 g/mol. The summed E-state index contributed by atoms with van der Waals surface area (Å²) in [6.07, 6.45) is 0. The van der Waals surface area contributed by atoms with Crippen molar-refractivity contribution in [3.63, 3.8) is 0 Å². The van der Waals surface area contributed by atoms with Gasteiger partial charge in [-0.1, -0.05) is 30.3 Å². The fourth-order valence-corrected chi connectivity index (χ4v) is 2.25. The predicted molar refractivity (Wildman–Crippen MR) is 82.3 cm³/mol. The fourth-order valence-electron chi connectivity index (χ4n) is 2.25. The van der Waals surface area contributed by atoms with Gasteiger partial charge in [0.15, 0.2) is 0 Å². The van der Waals surface area contributed by atoms with Crippen LogP contribution in [-0.2, 0) is 13.1 Å². The molecule has 0 aliphatic heterocycles. The number of benzene rings is 2. The van der Waals surface area contributed by atoms with Crippen LogP contribution in [0.3, 0.4) is 0 Å². The molecule has 0 aromatic heterocycles. The zero-order chi connectivity index (χ0) is 15.1. The highest BCUT2D eigenvalue weighted by molar-refractivity contribution is 5.39. The van der Waals surface area contributed by atoms with Crippen molar-refractivity contribution in [2.75, 3.05) is 20.3 Å². The Labute approximate surface area is 125 Å². The van der Waals surface area contributed by atoms with Gasteiger partial charge >= 0.3 is 0 Å². The first-order valence-corrected chi connectivity index (χ1v) is 6.96. The molecule has 4 nitrogen and oxygen atoms in total. The number of rotatable bonds is 7. The lowest BCUT2D eigenvalue weighted by molar-refractivity contribution is 0.183. The highest BCUT2D eigenvalue weighted by Gasteiger charge is 2.10. The number of methoxy groups -OCH3 is 1. The van der Waals surface area contributed by atoms with Crippen LogP contribution in [0.2, 0.25) is 0 Å². The topological polar surface area (TPSA) is 52.9 Å². The Morgan fingerprint density at radius 2 is 1.81 bits per heavy atom. The highest BCUT2D eigenvalue weighted by atomic mass is 16.5. The molecule has 0 bridgehead atoms. The number of nitrogens with zero attached hydrogens (tertiary/aromatic N) is 1. The second-order valence-corrected chi connectivity index (χ2v) is 4.91. The number of hydrogen-bond donors (Lipinski definition) is 2. The molecule has 0 fully saturated rings. The van der Waals surface area contributed by atoms with Gasteiger partial charge in [0.05, 0.1) is 13.7 Å². The summed E-state index contributed by atoms with van der Waals surface area (Å²) in [5.74, 6) is 0.957. The van der Waals surface area contributed by atoms with Crippen LogP contribution in [0.5, 0.6) is 11.5 Å². The molecule has 112 valence electrons. The molecule has 0 unspecified atom stereocenters. The molecule has 0 radical (unpaired) electrons. The van der Waals surface area contributed by atoms with Crippen molar-refractivity contribution in [3.8, 4) is 11.5 Å². The Bertz CT molecular complexity index is 557. The number of aliphatic hydroxyl groups is 1. The lowest BCUT2D eigenvalue weighted by Crippen LogP contribution is -2.26. The summed E-state index contributed by atoms with van der Waals surface area (Å²) in [7, 11) is 1.60. The van der Waals surface area contributed by atoms with E-state index >= 15 is 0 Å². The van der Waals surface area contributed by atoms with E-state index < -0.39 is 0 Å². The molecule has 0 spiro atoms.